The van der Waals surface area contributed by atoms with Crippen molar-refractivity contribution < 1.29 is 5.11 Å². The maximum absolute atomic E-state index is 10.1. The maximum atomic E-state index is 10.1. The fourth-order valence-corrected chi connectivity index (χ4v) is 2.66. The minimum absolute atomic E-state index is 0.502. The molecular formula is C12H11BrOS. The molecule has 1 unspecified atom stereocenters. The minimum Gasteiger partial charge on any atom is -0.383 e. The quantitative estimate of drug-likeness (QED) is 0.886. The molecule has 15 heavy (non-hydrogen) atoms. The Morgan fingerprint density at radius 3 is 2.40 bits per heavy atom. The number of aliphatic hydroxyl groups is 1. The van der Waals surface area contributed by atoms with Crippen LogP contribution in [0.3, 0.4) is 0 Å². The Balaban J connectivity index is 2.32. The van der Waals surface area contributed by atoms with Crippen molar-refractivity contribution in [3.05, 3.63) is 56.2 Å². The first-order valence-corrected chi connectivity index (χ1v) is 6.33. The lowest BCUT2D eigenvalue weighted by atomic mass is 10.1. The molecule has 0 amide bonds. The summed E-state index contributed by atoms with van der Waals surface area (Å²) in [5, 5.41) is 12.2. The Kier molecular flexibility index (Phi) is 3.24. The second-order valence-corrected chi connectivity index (χ2v) is 5.29. The lowest BCUT2D eigenvalue weighted by Gasteiger charge is -2.10. The van der Waals surface area contributed by atoms with Crippen LogP contribution in [0.25, 0.3) is 0 Å². The van der Waals surface area contributed by atoms with E-state index in [4.69, 9.17) is 0 Å². The molecule has 78 valence electrons. The van der Waals surface area contributed by atoms with Gasteiger partial charge in [0, 0.05) is 9.35 Å². The largest absolute Gasteiger partial charge is 0.383 e. The smallest absolute Gasteiger partial charge is 0.113 e. The van der Waals surface area contributed by atoms with Crippen LogP contribution < -0.4 is 0 Å². The zero-order valence-electron chi connectivity index (χ0n) is 8.27. The Morgan fingerprint density at radius 2 is 1.87 bits per heavy atom. The summed E-state index contributed by atoms with van der Waals surface area (Å²) in [5.74, 6) is 0. The minimum atomic E-state index is -0.502. The summed E-state index contributed by atoms with van der Waals surface area (Å²) in [6.07, 6.45) is -0.502. The number of thiophene rings is 1. The molecule has 0 saturated carbocycles. The molecule has 3 heteroatoms. The van der Waals surface area contributed by atoms with Crippen LogP contribution >= 0.6 is 27.3 Å². The van der Waals surface area contributed by atoms with Crippen molar-refractivity contribution in [2.24, 2.45) is 0 Å². The van der Waals surface area contributed by atoms with Crippen LogP contribution in [0.5, 0.6) is 0 Å². The number of aliphatic hydroxyl groups excluding tert-OH is 1. The average Bonchev–Trinajstić information content (AvgIpc) is 2.65. The molecule has 0 aliphatic rings. The number of rotatable bonds is 2. The van der Waals surface area contributed by atoms with E-state index in [1.807, 2.05) is 42.6 Å². The molecule has 0 saturated heterocycles. The molecule has 0 aliphatic heterocycles. The van der Waals surface area contributed by atoms with Gasteiger partial charge in [-0.2, -0.15) is 0 Å². The summed E-state index contributed by atoms with van der Waals surface area (Å²) < 4.78 is 1.03. The summed E-state index contributed by atoms with van der Waals surface area (Å²) in [4.78, 5) is 1.03. The van der Waals surface area contributed by atoms with E-state index in [0.717, 1.165) is 20.5 Å². The molecule has 0 radical (unpaired) electrons. The van der Waals surface area contributed by atoms with Crippen LogP contribution in [0.4, 0.5) is 0 Å². The zero-order valence-corrected chi connectivity index (χ0v) is 10.7. The van der Waals surface area contributed by atoms with Gasteiger partial charge in [0.1, 0.15) is 6.10 Å². The Bertz CT molecular complexity index is 447. The number of aryl methyl sites for hydroxylation is 1. The van der Waals surface area contributed by atoms with Gasteiger partial charge in [0.05, 0.1) is 0 Å². The van der Waals surface area contributed by atoms with Gasteiger partial charge in [-0.05, 0) is 41.6 Å². The SMILES string of the molecule is Cc1ccsc1C(O)c1ccc(Br)cc1. The van der Waals surface area contributed by atoms with Crippen molar-refractivity contribution >= 4 is 27.3 Å². The molecule has 0 bridgehead atoms. The topological polar surface area (TPSA) is 20.2 Å². The van der Waals surface area contributed by atoms with Gasteiger partial charge < -0.3 is 5.11 Å². The van der Waals surface area contributed by atoms with Gasteiger partial charge in [-0.3, -0.25) is 0 Å². The van der Waals surface area contributed by atoms with Crippen molar-refractivity contribution in [3.63, 3.8) is 0 Å². The lowest BCUT2D eigenvalue weighted by Crippen LogP contribution is -1.98. The number of hydrogen-bond acceptors (Lipinski definition) is 2. The third kappa shape index (κ3) is 2.30. The van der Waals surface area contributed by atoms with E-state index in [1.165, 1.54) is 0 Å². The monoisotopic (exact) mass is 282 g/mol. The fraction of sp³-hybridized carbons (Fsp3) is 0.167. The number of hydrogen-bond donors (Lipinski definition) is 1. The molecule has 0 fully saturated rings. The van der Waals surface area contributed by atoms with E-state index in [-0.39, 0.29) is 0 Å². The van der Waals surface area contributed by atoms with Crippen molar-refractivity contribution in [1.29, 1.82) is 0 Å². The van der Waals surface area contributed by atoms with Gasteiger partial charge in [-0.15, -0.1) is 11.3 Å². The second-order valence-electron chi connectivity index (χ2n) is 3.42. The Hall–Kier alpha value is -0.640. The van der Waals surface area contributed by atoms with Gasteiger partial charge in [-0.25, -0.2) is 0 Å². The van der Waals surface area contributed by atoms with Crippen LogP contribution in [-0.2, 0) is 0 Å². The third-order valence-corrected chi connectivity index (χ3v) is 3.94. The van der Waals surface area contributed by atoms with E-state index in [9.17, 15) is 5.11 Å². The highest BCUT2D eigenvalue weighted by molar-refractivity contribution is 9.10. The molecule has 1 aromatic carbocycles. The second kappa shape index (κ2) is 4.47. The van der Waals surface area contributed by atoms with Crippen molar-refractivity contribution in [3.8, 4) is 0 Å². The predicted molar refractivity (Wildman–Crippen MR) is 67.3 cm³/mol. The highest BCUT2D eigenvalue weighted by Gasteiger charge is 2.13. The van der Waals surface area contributed by atoms with Crippen LogP contribution in [0.1, 0.15) is 22.1 Å². The number of halogens is 1. The van der Waals surface area contributed by atoms with Crippen molar-refractivity contribution in [2.45, 2.75) is 13.0 Å². The summed E-state index contributed by atoms with van der Waals surface area (Å²) in [6.45, 7) is 2.02. The van der Waals surface area contributed by atoms with E-state index in [0.29, 0.717) is 0 Å². The van der Waals surface area contributed by atoms with E-state index < -0.39 is 6.10 Å². The predicted octanol–water partition coefficient (Wildman–Crippen LogP) is 3.90. The first-order valence-electron chi connectivity index (χ1n) is 4.66. The Morgan fingerprint density at radius 1 is 1.20 bits per heavy atom. The summed E-state index contributed by atoms with van der Waals surface area (Å²) in [7, 11) is 0. The maximum Gasteiger partial charge on any atom is 0.113 e. The van der Waals surface area contributed by atoms with Crippen LogP contribution in [0.2, 0.25) is 0 Å². The molecule has 1 nitrogen and oxygen atoms in total. The first kappa shape index (κ1) is 10.9. The standard InChI is InChI=1S/C12H11BrOS/c1-8-6-7-15-12(8)11(14)9-2-4-10(13)5-3-9/h2-7,11,14H,1H3. The lowest BCUT2D eigenvalue weighted by molar-refractivity contribution is 0.223. The Labute approximate surface area is 102 Å². The molecule has 1 atom stereocenters. The molecule has 0 aliphatic carbocycles. The molecule has 1 heterocycles. The normalized spacial score (nSPS) is 12.7. The van der Waals surface area contributed by atoms with Gasteiger partial charge in [-0.1, -0.05) is 28.1 Å². The van der Waals surface area contributed by atoms with Crippen molar-refractivity contribution in [2.75, 3.05) is 0 Å². The summed E-state index contributed by atoms with van der Waals surface area (Å²) in [5.41, 5.74) is 2.08. The van der Waals surface area contributed by atoms with Gasteiger partial charge in [0.15, 0.2) is 0 Å². The average molecular weight is 283 g/mol. The number of benzene rings is 1. The van der Waals surface area contributed by atoms with Crippen LogP contribution in [0.15, 0.2) is 40.2 Å². The van der Waals surface area contributed by atoms with Crippen molar-refractivity contribution in [1.82, 2.24) is 0 Å². The zero-order chi connectivity index (χ0) is 10.8. The summed E-state index contributed by atoms with van der Waals surface area (Å²) in [6, 6.07) is 9.80. The van der Waals surface area contributed by atoms with E-state index >= 15 is 0 Å². The van der Waals surface area contributed by atoms with Gasteiger partial charge in [0.2, 0.25) is 0 Å². The highest BCUT2D eigenvalue weighted by Crippen LogP contribution is 2.29. The fourth-order valence-electron chi connectivity index (χ4n) is 1.46. The first-order chi connectivity index (χ1) is 7.18. The molecular weight excluding hydrogens is 272 g/mol. The van der Waals surface area contributed by atoms with Gasteiger partial charge >= 0.3 is 0 Å². The summed E-state index contributed by atoms with van der Waals surface area (Å²) >= 11 is 4.97. The third-order valence-electron chi connectivity index (χ3n) is 2.34. The van der Waals surface area contributed by atoms with E-state index in [2.05, 4.69) is 15.9 Å². The molecule has 1 N–H and O–H groups in total. The molecule has 1 aromatic heterocycles. The highest BCUT2D eigenvalue weighted by atomic mass is 79.9. The molecule has 2 rings (SSSR count). The van der Waals surface area contributed by atoms with Gasteiger partial charge in [0.25, 0.3) is 0 Å². The van der Waals surface area contributed by atoms with Crippen LogP contribution in [-0.4, -0.2) is 5.11 Å². The molecule has 0 spiro atoms. The van der Waals surface area contributed by atoms with E-state index in [1.54, 1.807) is 11.3 Å². The van der Waals surface area contributed by atoms with Crippen LogP contribution in [0, 0.1) is 6.92 Å². The molecule has 2 aromatic rings.